The number of carbonyl (C=O) groups is 3. The number of guanidine groups is 1. The highest BCUT2D eigenvalue weighted by Crippen LogP contribution is 2.20. The molecule has 208 valence electrons. The zero-order valence-corrected chi connectivity index (χ0v) is 22.4. The van der Waals surface area contributed by atoms with Crippen molar-refractivity contribution < 1.29 is 32.1 Å². The normalized spacial score (nSPS) is 19.8. The molecule has 3 unspecified atom stereocenters. The lowest BCUT2D eigenvalue weighted by molar-refractivity contribution is -0.140. The second-order valence-corrected chi connectivity index (χ2v) is 12.9. The molecule has 4 atom stereocenters. The van der Waals surface area contributed by atoms with Gasteiger partial charge in [0.05, 0.1) is 12.6 Å². The third kappa shape index (κ3) is 11.6. The molecule has 0 radical (unpaired) electrons. The monoisotopic (exact) mass is 553 g/mol. The first-order chi connectivity index (χ1) is 16.8. The van der Waals surface area contributed by atoms with Crippen molar-refractivity contribution in [3.05, 3.63) is 0 Å². The molecule has 1 rings (SSSR count). The number of amides is 2. The van der Waals surface area contributed by atoms with E-state index in [1.54, 1.807) is 0 Å². The molecule has 1 saturated heterocycles. The number of aliphatic imine (C=N–C) groups is 1. The summed E-state index contributed by atoms with van der Waals surface area (Å²) < 4.78 is 41.0. The van der Waals surface area contributed by atoms with E-state index >= 15 is 0 Å². The van der Waals surface area contributed by atoms with Crippen molar-refractivity contribution >= 4 is 49.7 Å². The standard InChI is InChI=1S/C20H39N7O7S2/c1-22-20(21)23-9-4-6-15(14-29)25-18(30)17-7-5-11-27(17)19(31)16(8-13-35(2,3)32)26-36(33,34)24-10-12-28/h14-17,24,26,28H,2,4-13H2,1,3H3,(H,25,30)(H3,21,22,23)/t15-,16?,17?,35?/m0/s1. The summed E-state index contributed by atoms with van der Waals surface area (Å²) in [5.74, 6) is 2.61. The van der Waals surface area contributed by atoms with Crippen LogP contribution in [0.2, 0.25) is 0 Å². The lowest BCUT2D eigenvalue weighted by Crippen LogP contribution is -2.56. The first-order valence-corrected chi connectivity index (χ1v) is 15.3. The van der Waals surface area contributed by atoms with Gasteiger partial charge in [-0.05, 0) is 47.5 Å². The molecule has 0 aromatic heterocycles. The summed E-state index contributed by atoms with van der Waals surface area (Å²) in [7, 11) is -5.14. The van der Waals surface area contributed by atoms with Gasteiger partial charge in [0, 0.05) is 38.7 Å². The van der Waals surface area contributed by atoms with Crippen molar-refractivity contribution in [3.63, 3.8) is 0 Å². The predicted molar refractivity (Wildman–Crippen MR) is 139 cm³/mol. The maximum absolute atomic E-state index is 13.3. The van der Waals surface area contributed by atoms with Crippen molar-refractivity contribution in [1.82, 2.24) is 25.0 Å². The molecular weight excluding hydrogens is 514 g/mol. The molecule has 7 N–H and O–H groups in total. The molecule has 1 fully saturated rings. The van der Waals surface area contributed by atoms with Gasteiger partial charge in [0.15, 0.2) is 5.96 Å². The highest BCUT2D eigenvalue weighted by Gasteiger charge is 2.38. The maximum atomic E-state index is 13.3. The molecule has 1 aliphatic heterocycles. The van der Waals surface area contributed by atoms with Crippen molar-refractivity contribution in [2.24, 2.45) is 10.7 Å². The van der Waals surface area contributed by atoms with E-state index in [2.05, 4.69) is 30.9 Å². The second kappa shape index (κ2) is 15.1. The number of nitrogens with two attached hydrogens (primary N) is 1. The second-order valence-electron chi connectivity index (χ2n) is 8.59. The van der Waals surface area contributed by atoms with E-state index in [-0.39, 0.29) is 31.2 Å². The zero-order valence-electron chi connectivity index (χ0n) is 20.8. The minimum atomic E-state index is -4.16. The Labute approximate surface area is 213 Å². The van der Waals surface area contributed by atoms with Gasteiger partial charge in [-0.2, -0.15) is 17.9 Å². The molecule has 16 heteroatoms. The van der Waals surface area contributed by atoms with Gasteiger partial charge in [0.2, 0.25) is 11.8 Å². The Morgan fingerprint density at radius 3 is 2.56 bits per heavy atom. The summed E-state index contributed by atoms with van der Waals surface area (Å²) in [5, 5.41) is 14.4. The Morgan fingerprint density at radius 1 is 1.28 bits per heavy atom. The van der Waals surface area contributed by atoms with Crippen molar-refractivity contribution in [1.29, 1.82) is 0 Å². The van der Waals surface area contributed by atoms with Gasteiger partial charge in [0.1, 0.15) is 18.4 Å². The minimum absolute atomic E-state index is 0.0227. The van der Waals surface area contributed by atoms with Gasteiger partial charge in [-0.1, -0.05) is 0 Å². The Morgan fingerprint density at radius 2 is 1.97 bits per heavy atom. The molecule has 2 amide bonds. The molecule has 0 aromatic rings. The minimum Gasteiger partial charge on any atom is -0.395 e. The number of nitrogens with one attached hydrogen (secondary N) is 4. The van der Waals surface area contributed by atoms with Crippen LogP contribution in [-0.4, -0.2) is 116 Å². The van der Waals surface area contributed by atoms with Crippen LogP contribution in [0.15, 0.2) is 4.99 Å². The molecule has 0 saturated carbocycles. The van der Waals surface area contributed by atoms with Crippen LogP contribution >= 0.6 is 0 Å². The van der Waals surface area contributed by atoms with Gasteiger partial charge in [-0.15, -0.1) is 0 Å². The molecule has 0 spiro atoms. The van der Waals surface area contributed by atoms with Crippen molar-refractivity contribution in [3.8, 4) is 0 Å². The van der Waals surface area contributed by atoms with Crippen LogP contribution < -0.4 is 25.8 Å². The molecular formula is C20H39N7O7S2. The van der Waals surface area contributed by atoms with Gasteiger partial charge >= 0.3 is 0 Å². The third-order valence-electron chi connectivity index (χ3n) is 5.41. The fourth-order valence-corrected chi connectivity index (χ4v) is 5.35. The summed E-state index contributed by atoms with van der Waals surface area (Å²) >= 11 is 0. The predicted octanol–water partition coefficient (Wildman–Crippen LogP) is -3.50. The first kappa shape index (κ1) is 31.8. The average molecular weight is 554 g/mol. The highest BCUT2D eigenvalue weighted by molar-refractivity contribution is 7.99. The topological polar surface area (TPSA) is 212 Å². The van der Waals surface area contributed by atoms with E-state index in [1.165, 1.54) is 18.2 Å². The quantitative estimate of drug-likeness (QED) is 0.0367. The molecule has 0 aliphatic carbocycles. The number of carbonyl (C=O) groups excluding carboxylic acids is 3. The van der Waals surface area contributed by atoms with Gasteiger partial charge in [-0.25, -0.2) is 0 Å². The van der Waals surface area contributed by atoms with Crippen LogP contribution in [-0.2, 0) is 34.1 Å². The van der Waals surface area contributed by atoms with Crippen LogP contribution in [0.25, 0.3) is 0 Å². The van der Waals surface area contributed by atoms with Crippen LogP contribution in [0.4, 0.5) is 0 Å². The number of hydrogen-bond donors (Lipinski definition) is 6. The summed E-state index contributed by atoms with van der Waals surface area (Å²) in [6, 6.07) is -2.95. The Kier molecular flexibility index (Phi) is 13.3. The van der Waals surface area contributed by atoms with E-state index in [0.29, 0.717) is 38.5 Å². The Hall–Kier alpha value is -2.27. The average Bonchev–Trinajstić information content (AvgIpc) is 3.31. The van der Waals surface area contributed by atoms with Crippen LogP contribution in [0.3, 0.4) is 0 Å². The number of aliphatic hydroxyl groups excluding tert-OH is 1. The van der Waals surface area contributed by atoms with Crippen molar-refractivity contribution in [2.75, 3.05) is 45.3 Å². The fraction of sp³-hybridized carbons (Fsp3) is 0.750. The van der Waals surface area contributed by atoms with Crippen LogP contribution in [0.5, 0.6) is 0 Å². The third-order valence-corrected chi connectivity index (χ3v) is 7.69. The van der Waals surface area contributed by atoms with Crippen LogP contribution in [0.1, 0.15) is 32.1 Å². The number of hydrogen-bond acceptors (Lipinski definition) is 8. The van der Waals surface area contributed by atoms with Gasteiger partial charge < -0.3 is 31.2 Å². The first-order valence-electron chi connectivity index (χ1n) is 11.5. The number of likely N-dealkylation sites (tertiary alicyclic amines) is 1. The van der Waals surface area contributed by atoms with Gasteiger partial charge in [-0.3, -0.25) is 18.8 Å². The van der Waals surface area contributed by atoms with E-state index in [4.69, 9.17) is 10.8 Å². The molecule has 1 heterocycles. The smallest absolute Gasteiger partial charge is 0.277 e. The SMILES string of the molecule is C=S(C)(=O)CCC(NS(=O)(=O)NCCO)C(=O)N1CCCC1C(=O)N[C@H](C=O)CCCNC(N)=NC. The molecule has 36 heavy (non-hydrogen) atoms. The summed E-state index contributed by atoms with van der Waals surface area (Å²) in [6.07, 6.45) is 3.64. The number of aldehydes is 1. The van der Waals surface area contributed by atoms with E-state index in [1.807, 2.05) is 0 Å². The highest BCUT2D eigenvalue weighted by atomic mass is 32.2. The zero-order chi connectivity index (χ0) is 27.4. The molecule has 0 aromatic carbocycles. The van der Waals surface area contributed by atoms with Crippen molar-refractivity contribution in [2.45, 2.75) is 50.2 Å². The lowest BCUT2D eigenvalue weighted by atomic mass is 10.1. The number of nitrogens with zero attached hydrogens (tertiary/aromatic N) is 2. The number of aliphatic hydroxyl groups is 1. The van der Waals surface area contributed by atoms with E-state index in [0.717, 1.165) is 0 Å². The van der Waals surface area contributed by atoms with Crippen LogP contribution in [0, 0.1) is 0 Å². The van der Waals surface area contributed by atoms with E-state index < -0.39 is 56.3 Å². The molecule has 1 aliphatic rings. The maximum Gasteiger partial charge on any atom is 0.277 e. The van der Waals surface area contributed by atoms with E-state index in [9.17, 15) is 27.0 Å². The van der Waals surface area contributed by atoms with Gasteiger partial charge in [0.25, 0.3) is 10.2 Å². The molecule has 0 bridgehead atoms. The number of rotatable bonds is 16. The summed E-state index contributed by atoms with van der Waals surface area (Å²) in [6.45, 7) is -0.0265. The largest absolute Gasteiger partial charge is 0.395 e. The Bertz CT molecular complexity index is 986. The Balaban J connectivity index is 2.90. The lowest BCUT2D eigenvalue weighted by Gasteiger charge is -2.29. The summed E-state index contributed by atoms with van der Waals surface area (Å²) in [5.41, 5.74) is 5.55. The fourth-order valence-electron chi connectivity index (χ4n) is 3.58. The molecule has 14 nitrogen and oxygen atoms in total. The summed E-state index contributed by atoms with van der Waals surface area (Å²) in [4.78, 5) is 42.8.